The van der Waals surface area contributed by atoms with Crippen LogP contribution in [0.1, 0.15) is 40.0 Å². The van der Waals surface area contributed by atoms with Crippen LogP contribution in [0, 0.1) is 5.92 Å². The zero-order valence-corrected chi connectivity index (χ0v) is 14.2. The van der Waals surface area contributed by atoms with Crippen LogP contribution in [0.25, 0.3) is 0 Å². The lowest BCUT2D eigenvalue weighted by Gasteiger charge is -2.49. The van der Waals surface area contributed by atoms with E-state index in [1.54, 1.807) is 25.7 Å². The van der Waals surface area contributed by atoms with Crippen molar-refractivity contribution in [3.63, 3.8) is 0 Å². The molecule has 23 heavy (non-hydrogen) atoms. The Kier molecular flexibility index (Phi) is 3.74. The molecule has 0 aliphatic carbocycles. The predicted octanol–water partition coefficient (Wildman–Crippen LogP) is 0.435. The lowest BCUT2D eigenvalue weighted by molar-refractivity contribution is -0.312. The topological polar surface area (TPSA) is 87.2 Å². The molecule has 1 N–H and O–H groups in total. The number of piperazine rings is 1. The monoisotopic (exact) mass is 344 g/mol. The molecule has 3 aliphatic heterocycles. The highest BCUT2D eigenvalue weighted by Crippen LogP contribution is 2.48. The molecule has 0 unspecified atom stereocenters. The second-order valence-electron chi connectivity index (χ2n) is 6.77. The van der Waals surface area contributed by atoms with E-state index in [1.807, 2.05) is 0 Å². The van der Waals surface area contributed by atoms with Gasteiger partial charge in [0.15, 0.2) is 0 Å². The molecule has 128 valence electrons. The predicted molar refractivity (Wildman–Crippen MR) is 80.1 cm³/mol. The maximum absolute atomic E-state index is 13.0. The Morgan fingerprint density at radius 3 is 2.65 bits per heavy atom. The van der Waals surface area contributed by atoms with Crippen LogP contribution in [0.5, 0.6) is 0 Å². The average molecular weight is 345 g/mol. The third kappa shape index (κ3) is 1.93. The first-order chi connectivity index (χ1) is 10.7. The van der Waals surface area contributed by atoms with E-state index >= 15 is 0 Å². The molecule has 3 rings (SSSR count). The van der Waals surface area contributed by atoms with Crippen molar-refractivity contribution in [1.29, 1.82) is 0 Å². The Labute approximate surface area is 139 Å². The zero-order chi connectivity index (χ0) is 17.2. The standard InChI is InChI=1S/C15H21ClN2O5/c1-4-14(12(16)20)13(21)18-10(8(2)3)11(19)17-7-5-6-9(17)15(18,22)23-14/h8-10,22H,4-7H2,1-3H3/t9-,10-,14-,15-/m0/s1. The molecule has 4 atom stereocenters. The van der Waals surface area contributed by atoms with Gasteiger partial charge in [0, 0.05) is 6.54 Å². The van der Waals surface area contributed by atoms with Crippen molar-refractivity contribution in [1.82, 2.24) is 9.80 Å². The zero-order valence-electron chi connectivity index (χ0n) is 13.4. The van der Waals surface area contributed by atoms with Gasteiger partial charge in [-0.1, -0.05) is 20.8 Å². The number of fused-ring (bicyclic) bond motifs is 3. The molecular formula is C15H21ClN2O5. The highest BCUT2D eigenvalue weighted by molar-refractivity contribution is 6.67. The summed E-state index contributed by atoms with van der Waals surface area (Å²) < 4.78 is 5.66. The van der Waals surface area contributed by atoms with Gasteiger partial charge in [-0.05, 0) is 36.8 Å². The SMILES string of the molecule is CC[C@@]1(C(=O)Cl)O[C@@]2(O)[C@@H]3CCCN3C(=O)[C@H](C(C)C)N2C1=O. The second kappa shape index (κ2) is 5.16. The van der Waals surface area contributed by atoms with Gasteiger partial charge in [0.2, 0.25) is 11.5 Å². The number of carbonyl (C=O) groups excluding carboxylic acids is 3. The van der Waals surface area contributed by atoms with Crippen LogP contribution in [0.3, 0.4) is 0 Å². The molecule has 0 aromatic carbocycles. The van der Waals surface area contributed by atoms with Gasteiger partial charge in [0.1, 0.15) is 12.1 Å². The Hall–Kier alpha value is -1.18. The minimum Gasteiger partial charge on any atom is -0.347 e. The summed E-state index contributed by atoms with van der Waals surface area (Å²) in [5.74, 6) is -3.17. The lowest BCUT2D eigenvalue weighted by Crippen LogP contribution is -2.72. The van der Waals surface area contributed by atoms with E-state index in [-0.39, 0.29) is 18.2 Å². The number of hydrogen-bond acceptors (Lipinski definition) is 5. The van der Waals surface area contributed by atoms with E-state index < -0.39 is 34.7 Å². The Morgan fingerprint density at radius 2 is 2.13 bits per heavy atom. The number of hydrogen-bond donors (Lipinski definition) is 1. The van der Waals surface area contributed by atoms with Crippen molar-refractivity contribution >= 4 is 28.7 Å². The van der Waals surface area contributed by atoms with Crippen molar-refractivity contribution in [3.8, 4) is 0 Å². The summed E-state index contributed by atoms with van der Waals surface area (Å²) in [5.41, 5.74) is -1.93. The highest BCUT2D eigenvalue weighted by Gasteiger charge is 2.72. The molecule has 0 saturated carbocycles. The fourth-order valence-corrected chi connectivity index (χ4v) is 4.27. The van der Waals surface area contributed by atoms with Crippen LogP contribution in [-0.4, -0.2) is 62.1 Å². The van der Waals surface area contributed by atoms with Gasteiger partial charge in [0.05, 0.1) is 0 Å². The van der Waals surface area contributed by atoms with Crippen molar-refractivity contribution < 1.29 is 24.2 Å². The number of amides is 2. The van der Waals surface area contributed by atoms with Gasteiger partial charge in [-0.2, -0.15) is 0 Å². The fourth-order valence-electron chi connectivity index (χ4n) is 4.02. The van der Waals surface area contributed by atoms with E-state index in [0.717, 1.165) is 4.90 Å². The molecule has 3 heterocycles. The summed E-state index contributed by atoms with van der Waals surface area (Å²) in [4.78, 5) is 40.3. The maximum Gasteiger partial charge on any atom is 0.275 e. The third-order valence-electron chi connectivity index (χ3n) is 5.18. The maximum atomic E-state index is 13.0. The van der Waals surface area contributed by atoms with Gasteiger partial charge in [-0.25, -0.2) is 0 Å². The molecule has 0 aromatic heterocycles. The largest absolute Gasteiger partial charge is 0.347 e. The number of rotatable bonds is 3. The lowest BCUT2D eigenvalue weighted by atomic mass is 9.93. The van der Waals surface area contributed by atoms with Crippen LogP contribution < -0.4 is 0 Å². The molecule has 0 bridgehead atoms. The Morgan fingerprint density at radius 1 is 1.48 bits per heavy atom. The Bertz CT molecular complexity index is 582. The summed E-state index contributed by atoms with van der Waals surface area (Å²) in [5, 5.41) is 10.2. The van der Waals surface area contributed by atoms with E-state index in [9.17, 15) is 19.5 Å². The number of halogens is 1. The van der Waals surface area contributed by atoms with Gasteiger partial charge in [0.25, 0.3) is 17.1 Å². The number of nitrogens with zero attached hydrogens (tertiary/aromatic N) is 2. The summed E-state index contributed by atoms with van der Waals surface area (Å²) in [6.45, 7) is 5.69. The van der Waals surface area contributed by atoms with E-state index in [4.69, 9.17) is 16.3 Å². The molecular weight excluding hydrogens is 324 g/mol. The quantitative estimate of drug-likeness (QED) is 0.593. The molecule has 3 aliphatic rings. The molecule has 8 heteroatoms. The summed E-state index contributed by atoms with van der Waals surface area (Å²) in [6.07, 6.45) is 1.22. The minimum absolute atomic E-state index is 0.00129. The van der Waals surface area contributed by atoms with Gasteiger partial charge in [-0.3, -0.25) is 19.3 Å². The number of carbonyl (C=O) groups is 3. The first-order valence-corrected chi connectivity index (χ1v) is 8.35. The van der Waals surface area contributed by atoms with Crippen molar-refractivity contribution in [2.24, 2.45) is 5.92 Å². The summed E-state index contributed by atoms with van der Waals surface area (Å²) >= 11 is 5.65. The van der Waals surface area contributed by atoms with Gasteiger partial charge >= 0.3 is 0 Å². The highest BCUT2D eigenvalue weighted by atomic mass is 35.5. The molecule has 7 nitrogen and oxygen atoms in total. The van der Waals surface area contributed by atoms with Crippen LogP contribution in [-0.2, 0) is 19.1 Å². The fraction of sp³-hybridized carbons (Fsp3) is 0.800. The average Bonchev–Trinajstić information content (AvgIpc) is 3.04. The van der Waals surface area contributed by atoms with Crippen LogP contribution >= 0.6 is 11.6 Å². The van der Waals surface area contributed by atoms with Crippen molar-refractivity contribution in [2.45, 2.75) is 63.6 Å². The molecule has 2 amide bonds. The van der Waals surface area contributed by atoms with E-state index in [1.165, 1.54) is 0 Å². The van der Waals surface area contributed by atoms with Crippen LogP contribution in [0.2, 0.25) is 0 Å². The van der Waals surface area contributed by atoms with Crippen molar-refractivity contribution in [3.05, 3.63) is 0 Å². The van der Waals surface area contributed by atoms with Gasteiger partial charge < -0.3 is 14.7 Å². The number of ether oxygens (including phenoxy) is 1. The molecule has 0 spiro atoms. The van der Waals surface area contributed by atoms with Crippen LogP contribution in [0.4, 0.5) is 0 Å². The van der Waals surface area contributed by atoms with E-state index in [2.05, 4.69) is 0 Å². The first-order valence-electron chi connectivity index (χ1n) is 7.97. The number of aliphatic hydroxyl groups is 1. The van der Waals surface area contributed by atoms with Crippen molar-refractivity contribution in [2.75, 3.05) is 6.54 Å². The summed E-state index contributed by atoms with van der Waals surface area (Å²) in [7, 11) is 0. The van der Waals surface area contributed by atoms with Crippen LogP contribution in [0.15, 0.2) is 0 Å². The smallest absolute Gasteiger partial charge is 0.275 e. The normalized spacial score (nSPS) is 39.9. The molecule has 0 aromatic rings. The second-order valence-corrected chi connectivity index (χ2v) is 7.11. The first kappa shape index (κ1) is 16.7. The Balaban J connectivity index is 2.16. The molecule has 0 radical (unpaired) electrons. The van der Waals surface area contributed by atoms with E-state index in [0.29, 0.717) is 19.4 Å². The summed E-state index contributed by atoms with van der Waals surface area (Å²) in [6, 6.07) is -1.54. The van der Waals surface area contributed by atoms with Gasteiger partial charge in [-0.15, -0.1) is 0 Å². The minimum atomic E-state index is -2.00. The molecule has 3 fully saturated rings. The molecule has 3 saturated heterocycles. The third-order valence-corrected chi connectivity index (χ3v) is 5.49.